The topological polar surface area (TPSA) is 84.9 Å². The van der Waals surface area contributed by atoms with Crippen molar-refractivity contribution in [2.45, 2.75) is 13.3 Å². The van der Waals surface area contributed by atoms with Gasteiger partial charge in [-0.05, 0) is 43.2 Å². The molecule has 0 bridgehead atoms. The molecule has 0 aliphatic carbocycles. The van der Waals surface area contributed by atoms with Crippen LogP contribution in [0.15, 0.2) is 48.5 Å². The van der Waals surface area contributed by atoms with E-state index in [1.54, 1.807) is 42.5 Å². The first-order valence-corrected chi connectivity index (χ1v) is 8.51. The van der Waals surface area contributed by atoms with Gasteiger partial charge in [0, 0.05) is 13.2 Å². The number of ether oxygens (including phenoxy) is 2. The lowest BCUT2D eigenvalue weighted by atomic mass is 10.1. The zero-order chi connectivity index (χ0) is 18.8. The summed E-state index contributed by atoms with van der Waals surface area (Å²) in [6.45, 7) is 3.83. The van der Waals surface area contributed by atoms with Crippen molar-refractivity contribution in [1.29, 1.82) is 0 Å². The van der Waals surface area contributed by atoms with Crippen molar-refractivity contribution in [3.63, 3.8) is 0 Å². The molecular weight excluding hydrogens is 334 g/mol. The minimum absolute atomic E-state index is 0.209. The molecule has 0 atom stereocenters. The van der Waals surface area contributed by atoms with E-state index in [0.717, 1.165) is 5.56 Å². The minimum atomic E-state index is -0.953. The summed E-state index contributed by atoms with van der Waals surface area (Å²) in [6.07, 6.45) is 0.610. The SMILES string of the molecule is CCOCCOc1ccccc1C(=O)NCCc1ccc(C(=O)O)cc1. The molecule has 0 fully saturated rings. The average molecular weight is 357 g/mol. The van der Waals surface area contributed by atoms with Crippen LogP contribution in [-0.4, -0.2) is 43.3 Å². The molecular formula is C20H23NO5. The molecule has 2 N–H and O–H groups in total. The molecule has 2 rings (SSSR count). The summed E-state index contributed by atoms with van der Waals surface area (Å²) in [5.74, 6) is -0.638. The number of nitrogens with one attached hydrogen (secondary N) is 1. The van der Waals surface area contributed by atoms with Crippen molar-refractivity contribution in [2.75, 3.05) is 26.4 Å². The number of carbonyl (C=O) groups excluding carboxylic acids is 1. The van der Waals surface area contributed by atoms with Crippen molar-refractivity contribution >= 4 is 11.9 Å². The second kappa shape index (κ2) is 10.2. The van der Waals surface area contributed by atoms with Crippen LogP contribution in [0.1, 0.15) is 33.2 Å². The van der Waals surface area contributed by atoms with Crippen LogP contribution in [0.2, 0.25) is 0 Å². The minimum Gasteiger partial charge on any atom is -0.490 e. The van der Waals surface area contributed by atoms with Crippen LogP contribution >= 0.6 is 0 Å². The second-order valence-corrected chi connectivity index (χ2v) is 5.55. The maximum Gasteiger partial charge on any atom is 0.335 e. The monoisotopic (exact) mass is 357 g/mol. The molecule has 0 saturated heterocycles. The molecule has 0 saturated carbocycles. The lowest BCUT2D eigenvalue weighted by molar-refractivity contribution is 0.0696. The van der Waals surface area contributed by atoms with Gasteiger partial charge < -0.3 is 19.9 Å². The number of carboxylic acid groups (broad SMARTS) is 1. The van der Waals surface area contributed by atoms with Gasteiger partial charge >= 0.3 is 5.97 Å². The lowest BCUT2D eigenvalue weighted by Crippen LogP contribution is -2.26. The van der Waals surface area contributed by atoms with Crippen molar-refractivity contribution in [2.24, 2.45) is 0 Å². The summed E-state index contributed by atoms with van der Waals surface area (Å²) in [6, 6.07) is 13.7. The molecule has 0 radical (unpaired) electrons. The first-order chi connectivity index (χ1) is 12.6. The van der Waals surface area contributed by atoms with E-state index >= 15 is 0 Å². The molecule has 138 valence electrons. The summed E-state index contributed by atoms with van der Waals surface area (Å²) in [4.78, 5) is 23.2. The van der Waals surface area contributed by atoms with Crippen LogP contribution in [0.25, 0.3) is 0 Å². The van der Waals surface area contributed by atoms with Crippen LogP contribution < -0.4 is 10.1 Å². The lowest BCUT2D eigenvalue weighted by Gasteiger charge is -2.12. The number of carbonyl (C=O) groups is 2. The molecule has 0 aromatic heterocycles. The van der Waals surface area contributed by atoms with Gasteiger partial charge in [0.25, 0.3) is 5.91 Å². The Bertz CT molecular complexity index is 727. The number of para-hydroxylation sites is 1. The number of aromatic carboxylic acids is 1. The molecule has 1 amide bonds. The Balaban J connectivity index is 1.86. The van der Waals surface area contributed by atoms with Gasteiger partial charge in [-0.3, -0.25) is 4.79 Å². The fraction of sp³-hybridized carbons (Fsp3) is 0.300. The molecule has 2 aromatic rings. The van der Waals surface area contributed by atoms with Gasteiger partial charge in [0.1, 0.15) is 12.4 Å². The number of rotatable bonds is 10. The molecule has 0 unspecified atom stereocenters. The quantitative estimate of drug-likeness (QED) is 0.639. The van der Waals surface area contributed by atoms with E-state index < -0.39 is 5.97 Å². The highest BCUT2D eigenvalue weighted by Crippen LogP contribution is 2.17. The summed E-state index contributed by atoms with van der Waals surface area (Å²) in [5, 5.41) is 11.8. The van der Waals surface area contributed by atoms with Gasteiger partial charge in [-0.25, -0.2) is 4.79 Å². The third-order valence-electron chi connectivity index (χ3n) is 3.72. The summed E-state index contributed by atoms with van der Waals surface area (Å²) >= 11 is 0. The van der Waals surface area contributed by atoms with E-state index in [4.69, 9.17) is 14.6 Å². The third kappa shape index (κ3) is 5.89. The highest BCUT2D eigenvalue weighted by Gasteiger charge is 2.11. The molecule has 6 heteroatoms. The summed E-state index contributed by atoms with van der Waals surface area (Å²) in [7, 11) is 0. The van der Waals surface area contributed by atoms with E-state index in [-0.39, 0.29) is 11.5 Å². The van der Waals surface area contributed by atoms with Gasteiger partial charge in [-0.2, -0.15) is 0 Å². The molecule has 0 aliphatic heterocycles. The Morgan fingerprint density at radius 2 is 1.77 bits per heavy atom. The smallest absolute Gasteiger partial charge is 0.335 e. The average Bonchev–Trinajstić information content (AvgIpc) is 2.66. The van der Waals surface area contributed by atoms with Crippen LogP contribution in [0.5, 0.6) is 5.75 Å². The largest absolute Gasteiger partial charge is 0.490 e. The van der Waals surface area contributed by atoms with Crippen molar-refractivity contribution in [3.8, 4) is 5.75 Å². The van der Waals surface area contributed by atoms with E-state index in [9.17, 15) is 9.59 Å². The van der Waals surface area contributed by atoms with E-state index in [1.807, 2.05) is 13.0 Å². The Morgan fingerprint density at radius 3 is 2.46 bits per heavy atom. The number of amides is 1. The van der Waals surface area contributed by atoms with Crippen molar-refractivity contribution in [1.82, 2.24) is 5.32 Å². The predicted octanol–water partition coefficient (Wildman–Crippen LogP) is 2.77. The van der Waals surface area contributed by atoms with E-state index in [0.29, 0.717) is 44.1 Å². The van der Waals surface area contributed by atoms with E-state index in [2.05, 4.69) is 5.32 Å². The highest BCUT2D eigenvalue weighted by atomic mass is 16.5. The van der Waals surface area contributed by atoms with Crippen LogP contribution in [0.4, 0.5) is 0 Å². The second-order valence-electron chi connectivity index (χ2n) is 5.55. The molecule has 0 spiro atoms. The number of carboxylic acids is 1. The first-order valence-electron chi connectivity index (χ1n) is 8.51. The Morgan fingerprint density at radius 1 is 1.04 bits per heavy atom. The number of hydrogen-bond donors (Lipinski definition) is 2. The molecule has 0 aliphatic rings. The summed E-state index contributed by atoms with van der Waals surface area (Å²) < 4.78 is 10.8. The van der Waals surface area contributed by atoms with Gasteiger partial charge in [0.15, 0.2) is 0 Å². The maximum atomic E-state index is 12.4. The first kappa shape index (κ1) is 19.5. The fourth-order valence-corrected chi connectivity index (χ4v) is 2.36. The van der Waals surface area contributed by atoms with Gasteiger partial charge in [-0.15, -0.1) is 0 Å². The normalized spacial score (nSPS) is 10.3. The van der Waals surface area contributed by atoms with E-state index in [1.165, 1.54) is 0 Å². The Labute approximate surface area is 152 Å². The van der Waals surface area contributed by atoms with Crippen molar-refractivity contribution < 1.29 is 24.2 Å². The third-order valence-corrected chi connectivity index (χ3v) is 3.72. The molecule has 2 aromatic carbocycles. The van der Waals surface area contributed by atoms with Gasteiger partial charge in [-0.1, -0.05) is 24.3 Å². The molecule has 6 nitrogen and oxygen atoms in total. The Kier molecular flexibility index (Phi) is 7.64. The van der Waals surface area contributed by atoms with Crippen LogP contribution in [0, 0.1) is 0 Å². The number of hydrogen-bond acceptors (Lipinski definition) is 4. The zero-order valence-electron chi connectivity index (χ0n) is 14.7. The summed E-state index contributed by atoms with van der Waals surface area (Å²) in [5.41, 5.74) is 1.68. The zero-order valence-corrected chi connectivity index (χ0v) is 14.7. The standard InChI is InChI=1S/C20H23NO5/c1-2-25-13-14-26-18-6-4-3-5-17(18)19(22)21-12-11-15-7-9-16(10-8-15)20(23)24/h3-10H,2,11-14H2,1H3,(H,21,22)(H,23,24). The Hall–Kier alpha value is -2.86. The van der Waals surface area contributed by atoms with Gasteiger partial charge in [0.05, 0.1) is 17.7 Å². The maximum absolute atomic E-state index is 12.4. The predicted molar refractivity (Wildman–Crippen MR) is 97.9 cm³/mol. The van der Waals surface area contributed by atoms with Crippen molar-refractivity contribution in [3.05, 3.63) is 65.2 Å². The molecule has 26 heavy (non-hydrogen) atoms. The number of benzene rings is 2. The highest BCUT2D eigenvalue weighted by molar-refractivity contribution is 5.96. The van der Waals surface area contributed by atoms with Gasteiger partial charge in [0.2, 0.25) is 0 Å². The van der Waals surface area contributed by atoms with Crippen LogP contribution in [-0.2, 0) is 11.2 Å². The van der Waals surface area contributed by atoms with Crippen LogP contribution in [0.3, 0.4) is 0 Å². The fourth-order valence-electron chi connectivity index (χ4n) is 2.36. The molecule has 0 heterocycles.